The summed E-state index contributed by atoms with van der Waals surface area (Å²) in [5.74, 6) is -3.01. The Morgan fingerprint density at radius 3 is 2.68 bits per heavy atom. The summed E-state index contributed by atoms with van der Waals surface area (Å²) in [6, 6.07) is -2.22. The van der Waals surface area contributed by atoms with Crippen LogP contribution in [-0.2, 0) is 24.1 Å². The second-order valence-electron chi connectivity index (χ2n) is 5.48. The van der Waals surface area contributed by atoms with Crippen LogP contribution in [0.1, 0.15) is 6.92 Å². The third-order valence-electron chi connectivity index (χ3n) is 3.43. The molecular formula is C13H21N7O8. The van der Waals surface area contributed by atoms with Crippen molar-refractivity contribution in [2.45, 2.75) is 37.3 Å². The number of nitrogens with two attached hydrogens (primary N) is 2. The van der Waals surface area contributed by atoms with Gasteiger partial charge >= 0.3 is 5.97 Å². The van der Waals surface area contributed by atoms with Gasteiger partial charge in [-0.05, 0) is 11.6 Å². The van der Waals surface area contributed by atoms with Gasteiger partial charge < -0.3 is 36.8 Å². The second kappa shape index (κ2) is 10.9. The maximum Gasteiger partial charge on any atom is 0.370 e. The van der Waals surface area contributed by atoms with Crippen LogP contribution in [-0.4, -0.2) is 76.9 Å². The van der Waals surface area contributed by atoms with Gasteiger partial charge in [0.25, 0.3) is 0 Å². The highest BCUT2D eigenvalue weighted by Crippen LogP contribution is 2.26. The quantitative estimate of drug-likeness (QED) is 0.0325. The number of aliphatic hydroxyl groups is 2. The molecule has 1 aliphatic rings. The lowest BCUT2D eigenvalue weighted by atomic mass is 9.92. The molecule has 0 aromatic carbocycles. The summed E-state index contributed by atoms with van der Waals surface area (Å²) in [5.41, 5.74) is 19.0. The fourth-order valence-corrected chi connectivity index (χ4v) is 2.40. The third-order valence-corrected chi connectivity index (χ3v) is 3.43. The zero-order valence-corrected chi connectivity index (χ0v) is 14.7. The number of amides is 1. The molecule has 0 aliphatic carbocycles. The molecule has 0 unspecified atom stereocenters. The number of aliphatic imine (C=N–C) groups is 1. The molecule has 156 valence electrons. The SMILES string of the molecule is CC(=O)N[C@H]1[C@H]([C@H](OOCN=[N+]=[N-])[C@H](O)CO)OC(C(=O)O)=C[C@@H]1N=C(N)N. The number of hydrogen-bond donors (Lipinski definition) is 6. The first-order chi connectivity index (χ1) is 13.2. The molecule has 0 spiro atoms. The number of carbonyl (C=O) groups is 2. The zero-order chi connectivity index (χ0) is 21.3. The molecule has 0 saturated carbocycles. The molecule has 0 saturated heterocycles. The van der Waals surface area contributed by atoms with Crippen molar-refractivity contribution in [3.8, 4) is 0 Å². The van der Waals surface area contributed by atoms with E-state index in [1.54, 1.807) is 0 Å². The van der Waals surface area contributed by atoms with Gasteiger partial charge in [-0.3, -0.25) is 4.79 Å². The first-order valence-corrected chi connectivity index (χ1v) is 7.76. The van der Waals surface area contributed by atoms with Crippen molar-refractivity contribution in [2.24, 2.45) is 21.6 Å². The van der Waals surface area contributed by atoms with E-state index in [4.69, 9.17) is 26.6 Å². The Labute approximate surface area is 158 Å². The molecule has 0 radical (unpaired) electrons. The number of aliphatic carboxylic acids is 1. The number of nitrogens with one attached hydrogen (secondary N) is 1. The first kappa shape index (κ1) is 22.9. The molecule has 15 heteroatoms. The van der Waals surface area contributed by atoms with E-state index in [0.29, 0.717) is 0 Å². The van der Waals surface area contributed by atoms with E-state index in [1.165, 1.54) is 6.92 Å². The van der Waals surface area contributed by atoms with Crippen LogP contribution < -0.4 is 16.8 Å². The molecule has 0 bridgehead atoms. The fraction of sp³-hybridized carbons (Fsp3) is 0.615. The summed E-state index contributed by atoms with van der Waals surface area (Å²) in [5, 5.41) is 34.2. The number of carboxylic acids is 1. The van der Waals surface area contributed by atoms with Crippen LogP contribution in [0.3, 0.4) is 0 Å². The molecular weight excluding hydrogens is 382 g/mol. The van der Waals surface area contributed by atoms with Crippen molar-refractivity contribution < 1.29 is 39.4 Å². The van der Waals surface area contributed by atoms with Crippen molar-refractivity contribution in [1.82, 2.24) is 5.32 Å². The van der Waals surface area contributed by atoms with Gasteiger partial charge in [-0.25, -0.2) is 19.6 Å². The Kier molecular flexibility index (Phi) is 8.94. The standard InChI is InChI=1S/C13H21N7O8/c1-5(22)18-9-6(19-13(14)15)2-8(12(24)25)27-11(9)10(7(23)3-21)28-26-4-17-20-16/h2,6-7,9-11,21,23H,3-4H2,1H3,(H,18,22)(H,24,25)(H4,14,15,19)/t6-,7+,9+,10+,11+/m0/s1. The number of carboxylic acid groups (broad SMARTS) is 1. The molecule has 15 nitrogen and oxygen atoms in total. The lowest BCUT2D eigenvalue weighted by molar-refractivity contribution is -0.355. The molecule has 0 aromatic rings. The normalized spacial score (nSPS) is 23.2. The monoisotopic (exact) mass is 403 g/mol. The van der Waals surface area contributed by atoms with Gasteiger partial charge in [-0.2, -0.15) is 0 Å². The first-order valence-electron chi connectivity index (χ1n) is 7.76. The van der Waals surface area contributed by atoms with Crippen molar-refractivity contribution in [2.75, 3.05) is 13.3 Å². The third kappa shape index (κ3) is 6.57. The Morgan fingerprint density at radius 2 is 2.18 bits per heavy atom. The maximum absolute atomic E-state index is 11.6. The zero-order valence-electron chi connectivity index (χ0n) is 14.7. The van der Waals surface area contributed by atoms with Gasteiger partial charge in [-0.15, -0.1) is 0 Å². The average Bonchev–Trinajstić information content (AvgIpc) is 2.61. The molecule has 5 atom stereocenters. The molecule has 1 aliphatic heterocycles. The second-order valence-corrected chi connectivity index (χ2v) is 5.48. The minimum absolute atomic E-state index is 0.401. The van der Waals surface area contributed by atoms with Crippen LogP contribution >= 0.6 is 0 Å². The van der Waals surface area contributed by atoms with Crippen LogP contribution in [0.25, 0.3) is 10.4 Å². The van der Waals surface area contributed by atoms with E-state index < -0.39 is 67.3 Å². The van der Waals surface area contributed by atoms with Crippen molar-refractivity contribution in [3.05, 3.63) is 22.3 Å². The smallest absolute Gasteiger partial charge is 0.370 e. The average molecular weight is 403 g/mol. The van der Waals surface area contributed by atoms with E-state index in [9.17, 15) is 24.9 Å². The van der Waals surface area contributed by atoms with Gasteiger partial charge in [0, 0.05) is 11.8 Å². The number of hydrogen-bond acceptors (Lipinski definition) is 9. The summed E-state index contributed by atoms with van der Waals surface area (Å²) >= 11 is 0. The van der Waals surface area contributed by atoms with Crippen LogP contribution in [0.15, 0.2) is 21.9 Å². The number of nitrogens with zero attached hydrogens (tertiary/aromatic N) is 4. The molecule has 28 heavy (non-hydrogen) atoms. The predicted molar refractivity (Wildman–Crippen MR) is 90.9 cm³/mol. The van der Waals surface area contributed by atoms with E-state index in [-0.39, 0.29) is 0 Å². The maximum atomic E-state index is 11.6. The lowest BCUT2D eigenvalue weighted by Gasteiger charge is -2.39. The molecule has 1 amide bonds. The van der Waals surface area contributed by atoms with Crippen LogP contribution in [0, 0.1) is 0 Å². The van der Waals surface area contributed by atoms with Gasteiger partial charge in [0.15, 0.2) is 24.9 Å². The number of azide groups is 1. The van der Waals surface area contributed by atoms with Crippen LogP contribution in [0.4, 0.5) is 0 Å². The molecule has 1 rings (SSSR count). The summed E-state index contributed by atoms with van der Waals surface area (Å²) < 4.78 is 5.33. The summed E-state index contributed by atoms with van der Waals surface area (Å²) in [7, 11) is 0. The van der Waals surface area contributed by atoms with Crippen molar-refractivity contribution >= 4 is 17.8 Å². The summed E-state index contributed by atoms with van der Waals surface area (Å²) in [6.45, 7) is -0.251. The topological polar surface area (TPSA) is 248 Å². The Hall–Kier alpha value is -3.10. The van der Waals surface area contributed by atoms with Gasteiger partial charge in [0.1, 0.15) is 6.10 Å². The summed E-state index contributed by atoms with van der Waals surface area (Å²) in [6.07, 6.45) is -3.53. The summed E-state index contributed by atoms with van der Waals surface area (Å²) in [4.78, 5) is 38.9. The fourth-order valence-electron chi connectivity index (χ4n) is 2.40. The highest BCUT2D eigenvalue weighted by Gasteiger charge is 2.45. The Morgan fingerprint density at radius 1 is 1.50 bits per heavy atom. The number of ether oxygens (including phenoxy) is 1. The van der Waals surface area contributed by atoms with E-state index >= 15 is 0 Å². The van der Waals surface area contributed by atoms with Crippen LogP contribution in [0.5, 0.6) is 0 Å². The predicted octanol–water partition coefficient (Wildman–Crippen LogP) is -2.56. The van der Waals surface area contributed by atoms with Gasteiger partial charge in [-0.1, -0.05) is 5.11 Å². The van der Waals surface area contributed by atoms with Crippen LogP contribution in [0.2, 0.25) is 0 Å². The number of rotatable bonds is 10. The largest absolute Gasteiger partial charge is 0.478 e. The van der Waals surface area contributed by atoms with Gasteiger partial charge in [0.05, 0.1) is 18.7 Å². The van der Waals surface area contributed by atoms with E-state index in [0.717, 1.165) is 6.08 Å². The van der Waals surface area contributed by atoms with Gasteiger partial charge in [0.2, 0.25) is 11.7 Å². The van der Waals surface area contributed by atoms with Crippen molar-refractivity contribution in [3.63, 3.8) is 0 Å². The Bertz CT molecular complexity index is 674. The minimum Gasteiger partial charge on any atom is -0.478 e. The molecule has 8 N–H and O–H groups in total. The lowest BCUT2D eigenvalue weighted by Crippen LogP contribution is -2.60. The van der Waals surface area contributed by atoms with E-state index in [2.05, 4.69) is 25.2 Å². The van der Waals surface area contributed by atoms with Crippen molar-refractivity contribution in [1.29, 1.82) is 0 Å². The number of guanidine groups is 1. The van der Waals surface area contributed by atoms with E-state index in [1.807, 2.05) is 0 Å². The highest BCUT2D eigenvalue weighted by molar-refractivity contribution is 5.85. The Balaban J connectivity index is 3.32. The highest BCUT2D eigenvalue weighted by atomic mass is 17.2. The number of carbonyl (C=O) groups excluding carboxylic acids is 1. The molecule has 0 aromatic heterocycles. The minimum atomic E-state index is -1.64. The molecule has 1 heterocycles. The number of aliphatic hydroxyl groups excluding tert-OH is 2. The molecule has 0 fully saturated rings.